The SMILES string of the molecule is Cc1cccc(C(O)CNCc2cnc(-c3cccs3)s2)c1. The Labute approximate surface area is 138 Å². The molecule has 0 saturated heterocycles. The first-order valence-corrected chi connectivity index (χ1v) is 8.86. The van der Waals surface area contributed by atoms with Gasteiger partial charge in [-0.2, -0.15) is 0 Å². The number of hydrogen-bond acceptors (Lipinski definition) is 5. The van der Waals surface area contributed by atoms with Crippen molar-refractivity contribution >= 4 is 22.7 Å². The van der Waals surface area contributed by atoms with Crippen LogP contribution in [0.15, 0.2) is 48.0 Å². The van der Waals surface area contributed by atoms with Crippen molar-refractivity contribution in [3.05, 3.63) is 64.0 Å². The lowest BCUT2D eigenvalue weighted by Gasteiger charge is -2.12. The fourth-order valence-corrected chi connectivity index (χ4v) is 3.92. The minimum Gasteiger partial charge on any atom is -0.387 e. The molecule has 1 unspecified atom stereocenters. The fourth-order valence-electron chi connectivity index (χ4n) is 2.23. The van der Waals surface area contributed by atoms with Crippen LogP contribution < -0.4 is 5.32 Å². The molecular formula is C17H18N2OS2. The van der Waals surface area contributed by atoms with Crippen LogP contribution in [0.25, 0.3) is 9.88 Å². The molecule has 0 radical (unpaired) electrons. The van der Waals surface area contributed by atoms with Crippen LogP contribution in [0.2, 0.25) is 0 Å². The van der Waals surface area contributed by atoms with Gasteiger partial charge in [0.15, 0.2) is 0 Å². The molecule has 0 aliphatic rings. The number of aromatic nitrogens is 1. The van der Waals surface area contributed by atoms with E-state index in [9.17, 15) is 5.11 Å². The molecule has 0 spiro atoms. The first kappa shape index (κ1) is 15.4. The van der Waals surface area contributed by atoms with Gasteiger partial charge in [0.05, 0.1) is 11.0 Å². The molecule has 2 N–H and O–H groups in total. The van der Waals surface area contributed by atoms with E-state index in [-0.39, 0.29) is 0 Å². The van der Waals surface area contributed by atoms with Gasteiger partial charge in [-0.05, 0) is 23.9 Å². The summed E-state index contributed by atoms with van der Waals surface area (Å²) in [5, 5.41) is 16.6. The quantitative estimate of drug-likeness (QED) is 0.718. The van der Waals surface area contributed by atoms with Gasteiger partial charge in [0.25, 0.3) is 0 Å². The second-order valence-electron chi connectivity index (χ2n) is 5.17. The molecule has 0 fully saturated rings. The highest BCUT2D eigenvalue weighted by Gasteiger charge is 2.09. The van der Waals surface area contributed by atoms with E-state index in [1.165, 1.54) is 15.3 Å². The lowest BCUT2D eigenvalue weighted by atomic mass is 10.1. The van der Waals surface area contributed by atoms with E-state index in [0.717, 1.165) is 17.1 Å². The molecule has 0 saturated carbocycles. The zero-order valence-electron chi connectivity index (χ0n) is 12.3. The molecule has 3 nitrogen and oxygen atoms in total. The Kier molecular flexibility index (Phi) is 5.00. The average molecular weight is 330 g/mol. The third-order valence-corrected chi connectivity index (χ3v) is 5.39. The monoisotopic (exact) mass is 330 g/mol. The normalized spacial score (nSPS) is 12.5. The van der Waals surface area contributed by atoms with E-state index in [0.29, 0.717) is 6.54 Å². The molecule has 5 heteroatoms. The van der Waals surface area contributed by atoms with E-state index in [2.05, 4.69) is 21.7 Å². The van der Waals surface area contributed by atoms with Gasteiger partial charge in [0.1, 0.15) is 5.01 Å². The van der Waals surface area contributed by atoms with Gasteiger partial charge in [0, 0.05) is 24.2 Å². The molecule has 1 atom stereocenters. The van der Waals surface area contributed by atoms with E-state index in [1.54, 1.807) is 22.7 Å². The predicted molar refractivity (Wildman–Crippen MR) is 93.3 cm³/mol. The van der Waals surface area contributed by atoms with Gasteiger partial charge in [-0.1, -0.05) is 35.9 Å². The lowest BCUT2D eigenvalue weighted by Crippen LogP contribution is -2.20. The van der Waals surface area contributed by atoms with Crippen molar-refractivity contribution in [1.29, 1.82) is 0 Å². The van der Waals surface area contributed by atoms with Gasteiger partial charge in [-0.3, -0.25) is 0 Å². The van der Waals surface area contributed by atoms with E-state index in [1.807, 2.05) is 43.5 Å². The Morgan fingerprint density at radius 3 is 2.95 bits per heavy atom. The zero-order valence-corrected chi connectivity index (χ0v) is 14.0. The zero-order chi connectivity index (χ0) is 15.4. The summed E-state index contributed by atoms with van der Waals surface area (Å²) in [6.07, 6.45) is 1.43. The maximum absolute atomic E-state index is 10.2. The number of hydrogen-bond donors (Lipinski definition) is 2. The molecule has 3 rings (SSSR count). The molecule has 0 aliphatic heterocycles. The summed E-state index contributed by atoms with van der Waals surface area (Å²) in [5.41, 5.74) is 2.12. The van der Waals surface area contributed by atoms with Crippen molar-refractivity contribution < 1.29 is 5.11 Å². The lowest BCUT2D eigenvalue weighted by molar-refractivity contribution is 0.174. The van der Waals surface area contributed by atoms with Crippen LogP contribution in [0, 0.1) is 6.92 Å². The summed E-state index contributed by atoms with van der Waals surface area (Å²) < 4.78 is 0. The summed E-state index contributed by atoms with van der Waals surface area (Å²) in [5.74, 6) is 0. The number of thiophene rings is 1. The largest absolute Gasteiger partial charge is 0.387 e. The van der Waals surface area contributed by atoms with Gasteiger partial charge >= 0.3 is 0 Å². The molecule has 1 aromatic carbocycles. The smallest absolute Gasteiger partial charge is 0.133 e. The summed E-state index contributed by atoms with van der Waals surface area (Å²) in [6.45, 7) is 3.30. The number of aliphatic hydroxyl groups excluding tert-OH is 1. The Bertz CT molecular complexity index is 722. The highest BCUT2D eigenvalue weighted by Crippen LogP contribution is 2.28. The van der Waals surface area contributed by atoms with Crippen molar-refractivity contribution in [2.75, 3.05) is 6.54 Å². The Morgan fingerprint density at radius 1 is 1.27 bits per heavy atom. The average Bonchev–Trinajstić information content (AvgIpc) is 3.18. The fraction of sp³-hybridized carbons (Fsp3) is 0.235. The molecule has 3 aromatic rings. The number of aliphatic hydroxyl groups is 1. The van der Waals surface area contributed by atoms with Crippen molar-refractivity contribution in [2.45, 2.75) is 19.6 Å². The topological polar surface area (TPSA) is 45.1 Å². The van der Waals surface area contributed by atoms with Crippen molar-refractivity contribution in [2.24, 2.45) is 0 Å². The van der Waals surface area contributed by atoms with E-state index in [4.69, 9.17) is 0 Å². The number of nitrogens with one attached hydrogen (secondary N) is 1. The number of aryl methyl sites for hydroxylation is 1. The van der Waals surface area contributed by atoms with Crippen LogP contribution >= 0.6 is 22.7 Å². The van der Waals surface area contributed by atoms with Gasteiger partial charge < -0.3 is 10.4 Å². The highest BCUT2D eigenvalue weighted by atomic mass is 32.1. The Hall–Kier alpha value is -1.53. The summed E-state index contributed by atoms with van der Waals surface area (Å²) in [7, 11) is 0. The summed E-state index contributed by atoms with van der Waals surface area (Å²) >= 11 is 3.40. The third-order valence-electron chi connectivity index (χ3n) is 3.35. The minimum atomic E-state index is -0.482. The molecule has 0 amide bonds. The van der Waals surface area contributed by atoms with Crippen molar-refractivity contribution in [3.63, 3.8) is 0 Å². The Balaban J connectivity index is 1.53. The summed E-state index contributed by atoms with van der Waals surface area (Å²) in [4.78, 5) is 6.84. The second kappa shape index (κ2) is 7.15. The molecule has 0 bridgehead atoms. The van der Waals surface area contributed by atoms with E-state index >= 15 is 0 Å². The number of rotatable bonds is 6. The van der Waals surface area contributed by atoms with Gasteiger partial charge in [-0.15, -0.1) is 22.7 Å². The number of benzene rings is 1. The molecule has 2 aromatic heterocycles. The van der Waals surface area contributed by atoms with Crippen LogP contribution in [0.3, 0.4) is 0 Å². The number of thiazole rings is 1. The van der Waals surface area contributed by atoms with Crippen LogP contribution in [-0.4, -0.2) is 16.6 Å². The maximum atomic E-state index is 10.2. The molecule has 2 heterocycles. The third kappa shape index (κ3) is 3.81. The second-order valence-corrected chi connectivity index (χ2v) is 7.23. The van der Waals surface area contributed by atoms with Gasteiger partial charge in [0.2, 0.25) is 0 Å². The summed E-state index contributed by atoms with van der Waals surface area (Å²) in [6, 6.07) is 12.1. The van der Waals surface area contributed by atoms with Gasteiger partial charge in [-0.25, -0.2) is 4.98 Å². The highest BCUT2D eigenvalue weighted by molar-refractivity contribution is 7.20. The van der Waals surface area contributed by atoms with Crippen LogP contribution in [0.4, 0.5) is 0 Å². The Morgan fingerprint density at radius 2 is 2.18 bits per heavy atom. The molecular weight excluding hydrogens is 312 g/mol. The molecule has 0 aliphatic carbocycles. The standard InChI is InChI=1S/C17H18N2OS2/c1-12-4-2-5-13(8-12)15(20)11-18-9-14-10-19-17(22-14)16-6-3-7-21-16/h2-8,10,15,18,20H,9,11H2,1H3. The van der Waals surface area contributed by atoms with Crippen LogP contribution in [-0.2, 0) is 6.54 Å². The first-order valence-electron chi connectivity index (χ1n) is 7.16. The van der Waals surface area contributed by atoms with Crippen LogP contribution in [0.5, 0.6) is 0 Å². The molecule has 114 valence electrons. The van der Waals surface area contributed by atoms with Crippen LogP contribution in [0.1, 0.15) is 22.1 Å². The number of nitrogens with zero attached hydrogens (tertiary/aromatic N) is 1. The maximum Gasteiger partial charge on any atom is 0.133 e. The predicted octanol–water partition coefficient (Wildman–Crippen LogP) is 4.00. The van der Waals surface area contributed by atoms with Crippen molar-refractivity contribution in [1.82, 2.24) is 10.3 Å². The van der Waals surface area contributed by atoms with Crippen molar-refractivity contribution in [3.8, 4) is 9.88 Å². The molecule has 22 heavy (non-hydrogen) atoms. The first-order chi connectivity index (χ1) is 10.7. The van der Waals surface area contributed by atoms with E-state index < -0.39 is 6.10 Å². The minimum absolute atomic E-state index is 0.482.